The van der Waals surface area contributed by atoms with Crippen LogP contribution in [0.2, 0.25) is 0 Å². The molecule has 1 atom stereocenters. The summed E-state index contributed by atoms with van der Waals surface area (Å²) in [5.41, 5.74) is 1.75. The van der Waals surface area contributed by atoms with Crippen molar-refractivity contribution in [3.8, 4) is 17.2 Å². The van der Waals surface area contributed by atoms with E-state index in [1.54, 1.807) is 46.5 Å². The molecule has 0 fully saturated rings. The maximum absolute atomic E-state index is 12.9. The molecule has 0 saturated carbocycles. The minimum atomic E-state index is -0.723. The van der Waals surface area contributed by atoms with Crippen LogP contribution in [-0.2, 0) is 0 Å². The molecule has 0 radical (unpaired) electrons. The number of aryl methyl sites for hydroxylation is 1. The lowest BCUT2D eigenvalue weighted by molar-refractivity contribution is 0.391. The molecular formula is C22H23N5O4. The summed E-state index contributed by atoms with van der Waals surface area (Å²) in [7, 11) is 4.75. The van der Waals surface area contributed by atoms with Crippen molar-refractivity contribution in [3.63, 3.8) is 0 Å². The molecule has 2 N–H and O–H groups in total. The van der Waals surface area contributed by atoms with E-state index in [9.17, 15) is 4.79 Å². The van der Waals surface area contributed by atoms with Crippen molar-refractivity contribution in [2.45, 2.75) is 13.1 Å². The SMILES string of the molecule is COc1ccc(OC)c([C@@H]2N=C(Nc3ccccc3OC)Nc3nc(C)cc(=O)n32)c1. The van der Waals surface area contributed by atoms with Crippen LogP contribution in [0.15, 0.2) is 58.3 Å². The molecule has 1 aliphatic rings. The fourth-order valence-corrected chi connectivity index (χ4v) is 3.44. The Bertz CT molecular complexity index is 1200. The van der Waals surface area contributed by atoms with Gasteiger partial charge in [0.05, 0.1) is 27.0 Å². The lowest BCUT2D eigenvalue weighted by Gasteiger charge is -2.28. The number of benzene rings is 2. The number of nitrogens with zero attached hydrogens (tertiary/aromatic N) is 3. The monoisotopic (exact) mass is 421 g/mol. The zero-order valence-corrected chi connectivity index (χ0v) is 17.7. The van der Waals surface area contributed by atoms with E-state index in [2.05, 4.69) is 15.6 Å². The maximum Gasteiger partial charge on any atom is 0.257 e. The summed E-state index contributed by atoms with van der Waals surface area (Å²) in [5, 5.41) is 6.34. The predicted octanol–water partition coefficient (Wildman–Crippen LogP) is 3.02. The summed E-state index contributed by atoms with van der Waals surface area (Å²) in [4.78, 5) is 22.2. The smallest absolute Gasteiger partial charge is 0.257 e. The van der Waals surface area contributed by atoms with E-state index < -0.39 is 6.17 Å². The molecule has 2 heterocycles. The summed E-state index contributed by atoms with van der Waals surface area (Å²) < 4.78 is 17.8. The maximum atomic E-state index is 12.9. The highest BCUT2D eigenvalue weighted by molar-refractivity contribution is 6.04. The van der Waals surface area contributed by atoms with Crippen LogP contribution >= 0.6 is 0 Å². The van der Waals surface area contributed by atoms with Crippen LogP contribution < -0.4 is 30.4 Å². The number of rotatable bonds is 5. The highest BCUT2D eigenvalue weighted by Gasteiger charge is 2.28. The Morgan fingerprint density at radius 1 is 1.00 bits per heavy atom. The van der Waals surface area contributed by atoms with E-state index >= 15 is 0 Å². The Balaban J connectivity index is 1.87. The van der Waals surface area contributed by atoms with E-state index in [-0.39, 0.29) is 5.56 Å². The molecule has 31 heavy (non-hydrogen) atoms. The number of guanidine groups is 1. The zero-order chi connectivity index (χ0) is 22.0. The number of nitrogens with one attached hydrogen (secondary N) is 2. The number of aliphatic imine (C=N–C) groups is 1. The van der Waals surface area contributed by atoms with Crippen LogP contribution in [0, 0.1) is 6.92 Å². The molecule has 1 aromatic heterocycles. The number of fused-ring (bicyclic) bond motifs is 1. The topological polar surface area (TPSA) is 99.0 Å². The Kier molecular flexibility index (Phi) is 5.48. The first kappa shape index (κ1) is 20.3. The number of hydrogen-bond donors (Lipinski definition) is 2. The minimum Gasteiger partial charge on any atom is -0.497 e. The van der Waals surface area contributed by atoms with Crippen molar-refractivity contribution in [2.24, 2.45) is 4.99 Å². The van der Waals surface area contributed by atoms with Gasteiger partial charge in [-0.05, 0) is 37.3 Å². The van der Waals surface area contributed by atoms with Crippen molar-refractivity contribution in [1.29, 1.82) is 0 Å². The normalized spacial score (nSPS) is 14.7. The van der Waals surface area contributed by atoms with Crippen molar-refractivity contribution in [2.75, 3.05) is 32.0 Å². The quantitative estimate of drug-likeness (QED) is 0.653. The second kappa shape index (κ2) is 8.39. The molecule has 160 valence electrons. The molecule has 9 nitrogen and oxygen atoms in total. The summed E-state index contributed by atoms with van der Waals surface area (Å²) in [6, 6.07) is 14.3. The van der Waals surface area contributed by atoms with E-state index in [4.69, 9.17) is 19.2 Å². The van der Waals surface area contributed by atoms with Gasteiger partial charge in [0.25, 0.3) is 5.56 Å². The van der Waals surface area contributed by atoms with Crippen LogP contribution in [0.3, 0.4) is 0 Å². The van der Waals surface area contributed by atoms with Crippen LogP contribution in [0.5, 0.6) is 17.2 Å². The lowest BCUT2D eigenvalue weighted by Crippen LogP contribution is -2.37. The first-order valence-electron chi connectivity index (χ1n) is 9.61. The van der Waals surface area contributed by atoms with E-state index in [1.165, 1.54) is 10.6 Å². The fourth-order valence-electron chi connectivity index (χ4n) is 3.44. The first-order chi connectivity index (χ1) is 15.0. The van der Waals surface area contributed by atoms with Gasteiger partial charge in [0.1, 0.15) is 17.2 Å². The third kappa shape index (κ3) is 3.89. The van der Waals surface area contributed by atoms with Gasteiger partial charge in [-0.1, -0.05) is 12.1 Å². The number of anilines is 2. The van der Waals surface area contributed by atoms with Crippen LogP contribution in [0.1, 0.15) is 17.4 Å². The molecule has 0 saturated heterocycles. The van der Waals surface area contributed by atoms with Gasteiger partial charge in [0.2, 0.25) is 11.9 Å². The predicted molar refractivity (Wildman–Crippen MR) is 119 cm³/mol. The van der Waals surface area contributed by atoms with Crippen molar-refractivity contribution < 1.29 is 14.2 Å². The van der Waals surface area contributed by atoms with Gasteiger partial charge < -0.3 is 19.5 Å². The van der Waals surface area contributed by atoms with Gasteiger partial charge in [-0.15, -0.1) is 0 Å². The molecule has 3 aromatic rings. The molecule has 0 amide bonds. The third-order valence-electron chi connectivity index (χ3n) is 4.88. The van der Waals surface area contributed by atoms with E-state index in [0.29, 0.717) is 40.4 Å². The number of methoxy groups -OCH3 is 3. The summed E-state index contributed by atoms with van der Waals surface area (Å²) >= 11 is 0. The highest BCUT2D eigenvalue weighted by atomic mass is 16.5. The van der Waals surface area contributed by atoms with E-state index in [0.717, 1.165) is 5.69 Å². The molecule has 1 aliphatic heterocycles. The molecule has 0 unspecified atom stereocenters. The number of para-hydroxylation sites is 2. The molecule has 9 heteroatoms. The molecule has 4 rings (SSSR count). The first-order valence-corrected chi connectivity index (χ1v) is 9.61. The van der Waals surface area contributed by atoms with E-state index in [1.807, 2.05) is 24.3 Å². The summed E-state index contributed by atoms with van der Waals surface area (Å²) in [6.45, 7) is 1.77. The Morgan fingerprint density at radius 2 is 1.77 bits per heavy atom. The van der Waals surface area contributed by atoms with Gasteiger partial charge in [-0.3, -0.25) is 14.7 Å². The third-order valence-corrected chi connectivity index (χ3v) is 4.88. The lowest BCUT2D eigenvalue weighted by atomic mass is 10.1. The molecule has 0 aliphatic carbocycles. The standard InChI is InChI=1S/C22H23N5O4/c1-13-11-19(28)27-20(15-12-14(29-2)9-10-17(15)30-3)25-21(26-22(27)23-13)24-16-7-5-6-8-18(16)31-4/h5-12,20H,1-4H3,(H2,23,24,25,26)/t20-/m1/s1. The van der Waals surface area contributed by atoms with Crippen molar-refractivity contribution >= 4 is 17.6 Å². The Hall–Kier alpha value is -4.01. The Morgan fingerprint density at radius 3 is 2.52 bits per heavy atom. The van der Waals surface area contributed by atoms with Crippen molar-refractivity contribution in [3.05, 3.63) is 70.1 Å². The van der Waals surface area contributed by atoms with Gasteiger partial charge in [-0.2, -0.15) is 0 Å². The minimum absolute atomic E-state index is 0.232. The number of ether oxygens (including phenoxy) is 3. The largest absolute Gasteiger partial charge is 0.497 e. The van der Waals surface area contributed by atoms with Gasteiger partial charge >= 0.3 is 0 Å². The molecular weight excluding hydrogens is 398 g/mol. The molecule has 0 bridgehead atoms. The van der Waals surface area contributed by atoms with Gasteiger partial charge in [0, 0.05) is 17.3 Å². The zero-order valence-electron chi connectivity index (χ0n) is 17.7. The Labute approximate surface area is 179 Å². The van der Waals surface area contributed by atoms with Gasteiger partial charge in [-0.25, -0.2) is 9.98 Å². The van der Waals surface area contributed by atoms with Crippen molar-refractivity contribution in [1.82, 2.24) is 9.55 Å². The molecule has 0 spiro atoms. The summed E-state index contributed by atoms with van der Waals surface area (Å²) in [5.74, 6) is 2.64. The second-order valence-electron chi connectivity index (χ2n) is 6.84. The molecule has 2 aromatic carbocycles. The number of aromatic nitrogens is 2. The highest BCUT2D eigenvalue weighted by Crippen LogP contribution is 2.35. The second-order valence-corrected chi connectivity index (χ2v) is 6.84. The number of hydrogen-bond acceptors (Lipinski definition) is 8. The van der Waals surface area contributed by atoms with Gasteiger partial charge in [0.15, 0.2) is 6.17 Å². The van der Waals surface area contributed by atoms with Crippen LogP contribution in [0.4, 0.5) is 11.6 Å². The average molecular weight is 421 g/mol. The fraction of sp³-hybridized carbons (Fsp3) is 0.227. The van der Waals surface area contributed by atoms with Crippen LogP contribution in [0.25, 0.3) is 0 Å². The summed E-state index contributed by atoms with van der Waals surface area (Å²) in [6.07, 6.45) is -0.723. The average Bonchev–Trinajstić information content (AvgIpc) is 2.78. The van der Waals surface area contributed by atoms with Crippen LogP contribution in [-0.4, -0.2) is 36.8 Å².